The monoisotopic (exact) mass is 344 g/mol. The molecule has 0 amide bonds. The number of benzene rings is 1. The molecule has 2 unspecified atom stereocenters. The molecule has 1 aliphatic rings. The molecular weight excluding hydrogens is 324 g/mol. The molecule has 0 saturated heterocycles. The normalized spacial score (nSPS) is 18.5. The molecule has 1 aromatic carbocycles. The van der Waals surface area contributed by atoms with Gasteiger partial charge < -0.3 is 5.32 Å². The Labute approximate surface area is 135 Å². The summed E-state index contributed by atoms with van der Waals surface area (Å²) < 4.78 is 1.06. The van der Waals surface area contributed by atoms with Crippen molar-refractivity contribution in [2.75, 3.05) is 6.54 Å². The molecule has 110 valence electrons. The van der Waals surface area contributed by atoms with E-state index in [0.717, 1.165) is 17.4 Å². The van der Waals surface area contributed by atoms with Gasteiger partial charge in [-0.25, -0.2) is 0 Å². The van der Waals surface area contributed by atoms with Crippen molar-refractivity contribution in [3.8, 4) is 0 Å². The maximum Gasteiger partial charge on any atom is 0.0410 e. The summed E-state index contributed by atoms with van der Waals surface area (Å²) in [4.78, 5) is 4.29. The smallest absolute Gasteiger partial charge is 0.0410 e. The molecule has 0 spiro atoms. The Balaban J connectivity index is 1.82. The van der Waals surface area contributed by atoms with Gasteiger partial charge in [-0.3, -0.25) is 4.98 Å². The van der Waals surface area contributed by atoms with E-state index < -0.39 is 0 Å². The minimum absolute atomic E-state index is 0.481. The second kappa shape index (κ2) is 6.71. The van der Waals surface area contributed by atoms with Crippen LogP contribution in [-0.2, 0) is 12.8 Å². The van der Waals surface area contributed by atoms with Gasteiger partial charge in [0, 0.05) is 28.8 Å². The van der Waals surface area contributed by atoms with E-state index in [2.05, 4.69) is 63.5 Å². The molecule has 2 aromatic rings. The highest BCUT2D eigenvalue weighted by Crippen LogP contribution is 2.36. The highest BCUT2D eigenvalue weighted by atomic mass is 79.9. The van der Waals surface area contributed by atoms with Gasteiger partial charge in [0.15, 0.2) is 0 Å². The summed E-state index contributed by atoms with van der Waals surface area (Å²) in [5.74, 6) is 0.611. The first-order valence-electron chi connectivity index (χ1n) is 7.68. The van der Waals surface area contributed by atoms with E-state index in [1.54, 1.807) is 0 Å². The lowest BCUT2D eigenvalue weighted by Gasteiger charge is -2.25. The second-order valence-electron chi connectivity index (χ2n) is 5.72. The van der Waals surface area contributed by atoms with Crippen LogP contribution < -0.4 is 5.32 Å². The van der Waals surface area contributed by atoms with Crippen molar-refractivity contribution >= 4 is 15.9 Å². The Bertz CT molecular complexity index is 612. The van der Waals surface area contributed by atoms with Crippen LogP contribution in [0.4, 0.5) is 0 Å². The van der Waals surface area contributed by atoms with Crippen LogP contribution in [-0.4, -0.2) is 17.6 Å². The molecule has 0 fully saturated rings. The van der Waals surface area contributed by atoms with Gasteiger partial charge in [-0.1, -0.05) is 31.2 Å². The molecular formula is C18H21BrN2. The van der Waals surface area contributed by atoms with E-state index in [9.17, 15) is 0 Å². The van der Waals surface area contributed by atoms with Gasteiger partial charge in [0.25, 0.3) is 0 Å². The molecule has 2 nitrogen and oxygen atoms in total. The number of likely N-dealkylation sites (N-methyl/N-ethyl adjacent to an activating group) is 1. The van der Waals surface area contributed by atoms with Crippen LogP contribution in [0.15, 0.2) is 47.2 Å². The summed E-state index contributed by atoms with van der Waals surface area (Å²) in [7, 11) is 0. The highest BCUT2D eigenvalue weighted by Gasteiger charge is 2.29. The van der Waals surface area contributed by atoms with Crippen molar-refractivity contribution in [3.05, 3.63) is 63.9 Å². The maximum absolute atomic E-state index is 4.29. The average molecular weight is 345 g/mol. The third-order valence-corrected chi connectivity index (χ3v) is 4.78. The van der Waals surface area contributed by atoms with Crippen molar-refractivity contribution in [1.29, 1.82) is 0 Å². The molecule has 21 heavy (non-hydrogen) atoms. The van der Waals surface area contributed by atoms with Crippen molar-refractivity contribution in [1.82, 2.24) is 10.3 Å². The van der Waals surface area contributed by atoms with Gasteiger partial charge in [-0.15, -0.1) is 0 Å². The molecule has 1 aromatic heterocycles. The summed E-state index contributed by atoms with van der Waals surface area (Å²) in [6, 6.07) is 11.6. The first-order chi connectivity index (χ1) is 10.3. The van der Waals surface area contributed by atoms with Crippen molar-refractivity contribution in [2.45, 2.75) is 38.1 Å². The van der Waals surface area contributed by atoms with Crippen LogP contribution in [0.25, 0.3) is 0 Å². The minimum Gasteiger partial charge on any atom is -0.313 e. The fourth-order valence-electron chi connectivity index (χ4n) is 3.45. The third kappa shape index (κ3) is 3.35. The Morgan fingerprint density at radius 1 is 1.33 bits per heavy atom. The number of pyridine rings is 1. The predicted molar refractivity (Wildman–Crippen MR) is 90.6 cm³/mol. The van der Waals surface area contributed by atoms with Gasteiger partial charge in [0.05, 0.1) is 0 Å². The van der Waals surface area contributed by atoms with Crippen LogP contribution >= 0.6 is 15.9 Å². The highest BCUT2D eigenvalue weighted by molar-refractivity contribution is 9.10. The number of hydrogen-bond donors (Lipinski definition) is 1. The standard InChI is InChI=1S/C18H21BrN2/c1-2-21-18(10-13-9-15(19)12-20-11-13)17-8-7-14-5-3-4-6-16(14)17/h3-6,9,11-12,17-18,21H,2,7-8,10H2,1H3. The molecule has 3 heteroatoms. The Morgan fingerprint density at radius 2 is 2.19 bits per heavy atom. The average Bonchev–Trinajstić information content (AvgIpc) is 2.91. The Morgan fingerprint density at radius 3 is 3.00 bits per heavy atom. The zero-order chi connectivity index (χ0) is 14.7. The van der Waals surface area contributed by atoms with E-state index in [-0.39, 0.29) is 0 Å². The van der Waals surface area contributed by atoms with Crippen LogP contribution in [0.2, 0.25) is 0 Å². The quantitative estimate of drug-likeness (QED) is 0.883. The lowest BCUT2D eigenvalue weighted by Crippen LogP contribution is -2.36. The number of halogens is 1. The fourth-order valence-corrected chi connectivity index (χ4v) is 3.86. The molecule has 2 atom stereocenters. The third-order valence-electron chi connectivity index (χ3n) is 4.35. The summed E-state index contributed by atoms with van der Waals surface area (Å²) in [5, 5.41) is 3.69. The fraction of sp³-hybridized carbons (Fsp3) is 0.389. The lowest BCUT2D eigenvalue weighted by molar-refractivity contribution is 0.434. The van der Waals surface area contributed by atoms with Gasteiger partial charge in [0.2, 0.25) is 0 Å². The predicted octanol–water partition coefficient (Wildman–Crippen LogP) is 4.09. The molecule has 0 aliphatic heterocycles. The van der Waals surface area contributed by atoms with Crippen LogP contribution in [0.3, 0.4) is 0 Å². The van der Waals surface area contributed by atoms with Crippen molar-refractivity contribution < 1.29 is 0 Å². The van der Waals surface area contributed by atoms with Gasteiger partial charge in [0.1, 0.15) is 0 Å². The molecule has 3 rings (SSSR count). The Hall–Kier alpha value is -1.19. The SMILES string of the molecule is CCNC(Cc1cncc(Br)c1)C1CCc2ccccc21. The van der Waals surface area contributed by atoms with E-state index in [0.29, 0.717) is 12.0 Å². The van der Waals surface area contributed by atoms with E-state index in [1.165, 1.54) is 29.5 Å². The number of nitrogens with zero attached hydrogens (tertiary/aromatic N) is 1. The van der Waals surface area contributed by atoms with Crippen LogP contribution in [0.5, 0.6) is 0 Å². The van der Waals surface area contributed by atoms with Crippen molar-refractivity contribution in [2.24, 2.45) is 0 Å². The molecule has 1 aliphatic carbocycles. The molecule has 0 saturated carbocycles. The number of hydrogen-bond acceptors (Lipinski definition) is 2. The Kier molecular flexibility index (Phi) is 4.71. The number of aryl methyl sites for hydroxylation is 1. The van der Waals surface area contributed by atoms with E-state index >= 15 is 0 Å². The van der Waals surface area contributed by atoms with Crippen LogP contribution in [0.1, 0.15) is 36.0 Å². The molecule has 1 N–H and O–H groups in total. The number of fused-ring (bicyclic) bond motifs is 1. The molecule has 0 bridgehead atoms. The van der Waals surface area contributed by atoms with Crippen LogP contribution in [0, 0.1) is 0 Å². The number of aromatic nitrogens is 1. The van der Waals surface area contributed by atoms with Gasteiger partial charge >= 0.3 is 0 Å². The van der Waals surface area contributed by atoms with Crippen molar-refractivity contribution in [3.63, 3.8) is 0 Å². The first-order valence-corrected chi connectivity index (χ1v) is 8.48. The summed E-state index contributed by atoms with van der Waals surface area (Å²) >= 11 is 3.52. The molecule has 0 radical (unpaired) electrons. The van der Waals surface area contributed by atoms with E-state index in [4.69, 9.17) is 0 Å². The lowest BCUT2D eigenvalue weighted by atomic mass is 9.89. The minimum atomic E-state index is 0.481. The largest absolute Gasteiger partial charge is 0.313 e. The molecule has 1 heterocycles. The summed E-state index contributed by atoms with van der Waals surface area (Å²) in [6.07, 6.45) is 7.31. The number of rotatable bonds is 5. The first kappa shape index (κ1) is 14.7. The van der Waals surface area contributed by atoms with Gasteiger partial charge in [-0.05, 0) is 64.5 Å². The summed E-state index contributed by atoms with van der Waals surface area (Å²) in [6.45, 7) is 3.19. The number of nitrogens with one attached hydrogen (secondary N) is 1. The maximum atomic E-state index is 4.29. The topological polar surface area (TPSA) is 24.9 Å². The zero-order valence-corrected chi connectivity index (χ0v) is 13.9. The van der Waals surface area contributed by atoms with Gasteiger partial charge in [-0.2, -0.15) is 0 Å². The van der Waals surface area contributed by atoms with E-state index in [1.807, 2.05) is 12.4 Å². The zero-order valence-electron chi connectivity index (χ0n) is 12.3. The summed E-state index contributed by atoms with van der Waals surface area (Å²) in [5.41, 5.74) is 4.35. The second-order valence-corrected chi connectivity index (χ2v) is 6.64.